The molecule has 1 fully saturated rings. The molecule has 31 heavy (non-hydrogen) atoms. The first kappa shape index (κ1) is 21.6. The molecule has 0 aliphatic carbocycles. The number of piperidine rings is 1. The first-order valence-electron chi connectivity index (χ1n) is 10.2. The van der Waals surface area contributed by atoms with Crippen LogP contribution in [0.4, 0.5) is 5.69 Å². The molecule has 0 aromatic heterocycles. The molecular weight excluding hydrogens is 432 g/mol. The zero-order valence-electron chi connectivity index (χ0n) is 16.9. The van der Waals surface area contributed by atoms with Crippen molar-refractivity contribution in [2.45, 2.75) is 17.7 Å². The van der Waals surface area contributed by atoms with Crippen molar-refractivity contribution in [2.75, 3.05) is 18.4 Å². The van der Waals surface area contributed by atoms with Gasteiger partial charge in [0.05, 0.1) is 4.90 Å². The quantitative estimate of drug-likeness (QED) is 0.586. The van der Waals surface area contributed by atoms with Gasteiger partial charge in [0.1, 0.15) is 0 Å². The average Bonchev–Trinajstić information content (AvgIpc) is 2.80. The number of benzene rings is 3. The van der Waals surface area contributed by atoms with Gasteiger partial charge in [-0.2, -0.15) is 4.31 Å². The van der Waals surface area contributed by atoms with Crippen molar-refractivity contribution in [2.24, 2.45) is 5.92 Å². The van der Waals surface area contributed by atoms with Crippen LogP contribution in [-0.2, 0) is 14.8 Å². The second-order valence-corrected chi connectivity index (χ2v) is 9.91. The van der Waals surface area contributed by atoms with Gasteiger partial charge in [0.25, 0.3) is 0 Å². The summed E-state index contributed by atoms with van der Waals surface area (Å²) in [6.07, 6.45) is 0.957. The highest BCUT2D eigenvalue weighted by Crippen LogP contribution is 2.30. The molecule has 0 radical (unpaired) electrons. The standard InChI is InChI=1S/C24H23ClN2O3S/c25-20-10-12-21(13-11-20)31(29,30)27-16-14-19(15-17-27)24(28)26-23-9-5-4-8-22(23)18-6-2-1-3-7-18/h1-13,19H,14-17H2,(H,26,28). The van der Waals surface area contributed by atoms with E-state index in [2.05, 4.69) is 5.32 Å². The number of hydrogen-bond donors (Lipinski definition) is 1. The molecule has 5 nitrogen and oxygen atoms in total. The second-order valence-electron chi connectivity index (χ2n) is 7.53. The van der Waals surface area contributed by atoms with Gasteiger partial charge < -0.3 is 5.32 Å². The van der Waals surface area contributed by atoms with E-state index in [1.165, 1.54) is 16.4 Å². The molecule has 4 rings (SSSR count). The minimum Gasteiger partial charge on any atom is -0.325 e. The maximum absolute atomic E-state index is 12.9. The molecule has 0 atom stereocenters. The van der Waals surface area contributed by atoms with Crippen molar-refractivity contribution in [1.82, 2.24) is 4.31 Å². The number of sulfonamides is 1. The van der Waals surface area contributed by atoms with Crippen LogP contribution in [0.5, 0.6) is 0 Å². The third-order valence-electron chi connectivity index (χ3n) is 5.55. The predicted octanol–water partition coefficient (Wildman–Crippen LogP) is 5.05. The van der Waals surface area contributed by atoms with Gasteiger partial charge in [-0.3, -0.25) is 4.79 Å². The van der Waals surface area contributed by atoms with Crippen LogP contribution in [0.25, 0.3) is 11.1 Å². The monoisotopic (exact) mass is 454 g/mol. The number of rotatable bonds is 5. The molecule has 3 aromatic rings. The van der Waals surface area contributed by atoms with E-state index in [4.69, 9.17) is 11.6 Å². The summed E-state index contributed by atoms with van der Waals surface area (Å²) < 4.78 is 27.1. The van der Waals surface area contributed by atoms with Crippen LogP contribution >= 0.6 is 11.6 Å². The zero-order chi connectivity index (χ0) is 21.8. The van der Waals surface area contributed by atoms with E-state index in [0.29, 0.717) is 31.0 Å². The summed E-state index contributed by atoms with van der Waals surface area (Å²) in [7, 11) is -3.59. The Bertz CT molecular complexity index is 1160. The van der Waals surface area contributed by atoms with E-state index in [9.17, 15) is 13.2 Å². The third kappa shape index (κ3) is 4.82. The number of carbonyl (C=O) groups is 1. The summed E-state index contributed by atoms with van der Waals surface area (Å²) in [5.41, 5.74) is 2.75. The lowest BCUT2D eigenvalue weighted by Gasteiger charge is -2.30. The van der Waals surface area contributed by atoms with Gasteiger partial charge in [0, 0.05) is 35.3 Å². The zero-order valence-corrected chi connectivity index (χ0v) is 18.4. The molecule has 7 heteroatoms. The van der Waals surface area contributed by atoms with Gasteiger partial charge in [-0.25, -0.2) is 8.42 Å². The summed E-state index contributed by atoms with van der Waals surface area (Å²) in [6.45, 7) is 0.618. The highest BCUT2D eigenvalue weighted by Gasteiger charge is 2.32. The molecule has 1 amide bonds. The molecule has 0 bridgehead atoms. The molecule has 0 saturated carbocycles. The summed E-state index contributed by atoms with van der Waals surface area (Å²) in [5, 5.41) is 3.54. The largest absolute Gasteiger partial charge is 0.325 e. The van der Waals surface area contributed by atoms with Crippen LogP contribution < -0.4 is 5.32 Å². The Balaban J connectivity index is 1.42. The van der Waals surface area contributed by atoms with E-state index >= 15 is 0 Å². The molecule has 1 N–H and O–H groups in total. The highest BCUT2D eigenvalue weighted by molar-refractivity contribution is 7.89. The van der Waals surface area contributed by atoms with E-state index in [0.717, 1.165) is 16.8 Å². The molecule has 0 spiro atoms. The summed E-state index contributed by atoms with van der Waals surface area (Å²) in [6, 6.07) is 23.8. The average molecular weight is 455 g/mol. The van der Waals surface area contributed by atoms with Crippen molar-refractivity contribution in [3.05, 3.63) is 83.9 Å². The lowest BCUT2D eigenvalue weighted by molar-refractivity contribution is -0.120. The molecule has 3 aromatic carbocycles. The number of amides is 1. The lowest BCUT2D eigenvalue weighted by atomic mass is 9.96. The summed E-state index contributed by atoms with van der Waals surface area (Å²) in [5.74, 6) is -0.313. The Morgan fingerprint density at radius 3 is 2.16 bits per heavy atom. The Kier molecular flexibility index (Phi) is 6.41. The van der Waals surface area contributed by atoms with Gasteiger partial charge in [-0.1, -0.05) is 60.1 Å². The van der Waals surface area contributed by atoms with E-state index in [1.54, 1.807) is 12.1 Å². The van der Waals surface area contributed by atoms with Gasteiger partial charge in [-0.15, -0.1) is 0 Å². The molecular formula is C24H23ClN2O3S. The van der Waals surface area contributed by atoms with Crippen LogP contribution in [0.15, 0.2) is 83.8 Å². The van der Waals surface area contributed by atoms with Crippen LogP contribution in [-0.4, -0.2) is 31.7 Å². The van der Waals surface area contributed by atoms with Crippen LogP contribution in [0.3, 0.4) is 0 Å². The molecule has 0 unspecified atom stereocenters. The Morgan fingerprint density at radius 2 is 1.48 bits per heavy atom. The number of nitrogens with one attached hydrogen (secondary N) is 1. The fourth-order valence-corrected chi connectivity index (χ4v) is 5.41. The van der Waals surface area contributed by atoms with Crippen molar-refractivity contribution in [1.29, 1.82) is 0 Å². The maximum atomic E-state index is 12.9. The first-order valence-corrected chi connectivity index (χ1v) is 12.0. The SMILES string of the molecule is O=C(Nc1ccccc1-c1ccccc1)C1CCN(S(=O)(=O)c2ccc(Cl)cc2)CC1. The minimum absolute atomic E-state index is 0.0769. The summed E-state index contributed by atoms with van der Waals surface area (Å²) in [4.78, 5) is 13.1. The van der Waals surface area contributed by atoms with Crippen LogP contribution in [0.2, 0.25) is 5.02 Å². The molecule has 160 valence electrons. The smallest absolute Gasteiger partial charge is 0.243 e. The van der Waals surface area contributed by atoms with Gasteiger partial charge in [-0.05, 0) is 48.7 Å². The van der Waals surface area contributed by atoms with Crippen molar-refractivity contribution in [3.63, 3.8) is 0 Å². The third-order valence-corrected chi connectivity index (χ3v) is 7.71. The van der Waals surface area contributed by atoms with Crippen molar-refractivity contribution >= 4 is 33.2 Å². The maximum Gasteiger partial charge on any atom is 0.243 e. The highest BCUT2D eigenvalue weighted by atomic mass is 35.5. The number of carbonyl (C=O) groups excluding carboxylic acids is 1. The second kappa shape index (κ2) is 9.22. The lowest BCUT2D eigenvalue weighted by Crippen LogP contribution is -2.41. The number of para-hydroxylation sites is 1. The number of hydrogen-bond acceptors (Lipinski definition) is 3. The number of anilines is 1. The van der Waals surface area contributed by atoms with Gasteiger partial charge >= 0.3 is 0 Å². The van der Waals surface area contributed by atoms with Gasteiger partial charge in [0.2, 0.25) is 15.9 Å². The van der Waals surface area contributed by atoms with Crippen molar-refractivity contribution in [3.8, 4) is 11.1 Å². The van der Waals surface area contributed by atoms with Crippen LogP contribution in [0.1, 0.15) is 12.8 Å². The Labute approximate surface area is 187 Å². The Morgan fingerprint density at radius 1 is 0.871 bits per heavy atom. The number of nitrogens with zero attached hydrogens (tertiary/aromatic N) is 1. The Hall–Kier alpha value is -2.67. The minimum atomic E-state index is -3.59. The first-order chi connectivity index (χ1) is 14.9. The normalized spacial score (nSPS) is 15.5. The summed E-state index contributed by atoms with van der Waals surface area (Å²) >= 11 is 5.87. The van der Waals surface area contributed by atoms with Crippen LogP contribution in [0, 0.1) is 5.92 Å². The molecule has 1 saturated heterocycles. The molecule has 1 aliphatic rings. The topological polar surface area (TPSA) is 66.5 Å². The fourth-order valence-electron chi connectivity index (χ4n) is 3.81. The number of halogens is 1. The van der Waals surface area contributed by atoms with Crippen molar-refractivity contribution < 1.29 is 13.2 Å². The van der Waals surface area contributed by atoms with E-state index < -0.39 is 10.0 Å². The van der Waals surface area contributed by atoms with E-state index in [-0.39, 0.29) is 16.7 Å². The predicted molar refractivity (Wildman–Crippen MR) is 123 cm³/mol. The fraction of sp³-hybridized carbons (Fsp3) is 0.208. The van der Waals surface area contributed by atoms with Gasteiger partial charge in [0.15, 0.2) is 0 Å². The van der Waals surface area contributed by atoms with E-state index in [1.807, 2.05) is 54.6 Å². The molecule has 1 heterocycles. The molecule has 1 aliphatic heterocycles.